The van der Waals surface area contributed by atoms with Gasteiger partial charge in [0.25, 0.3) is 5.91 Å². The SMILES string of the molecule is NC(=N/C=N\Nc1ccccc1)c1c[nH]c(C(=O)NC(CO)c2cccc(Cl)c2)c1. The van der Waals surface area contributed by atoms with Crippen LogP contribution in [0.15, 0.2) is 77.0 Å². The molecule has 0 aliphatic rings. The molecule has 1 heterocycles. The second-order valence-corrected chi connectivity index (χ2v) is 6.74. The lowest BCUT2D eigenvalue weighted by molar-refractivity contribution is 0.0911. The predicted molar refractivity (Wildman–Crippen MR) is 119 cm³/mol. The number of anilines is 1. The van der Waals surface area contributed by atoms with Crippen molar-refractivity contribution in [1.29, 1.82) is 0 Å². The van der Waals surface area contributed by atoms with Gasteiger partial charge in [0.2, 0.25) is 0 Å². The molecule has 0 saturated heterocycles. The summed E-state index contributed by atoms with van der Waals surface area (Å²) < 4.78 is 0. The van der Waals surface area contributed by atoms with Gasteiger partial charge in [0.15, 0.2) is 0 Å². The highest BCUT2D eigenvalue weighted by Gasteiger charge is 2.17. The average Bonchev–Trinajstić information content (AvgIpc) is 3.26. The van der Waals surface area contributed by atoms with Gasteiger partial charge in [0, 0.05) is 16.8 Å². The molecule has 0 radical (unpaired) electrons. The smallest absolute Gasteiger partial charge is 0.268 e. The molecule has 1 aromatic heterocycles. The van der Waals surface area contributed by atoms with Crippen LogP contribution in [0.3, 0.4) is 0 Å². The largest absolute Gasteiger partial charge is 0.394 e. The standard InChI is InChI=1S/C21H21ClN6O2/c22-16-6-4-5-14(9-16)19(12-29)27-21(30)18-10-15(11-24-18)20(23)25-13-26-28-17-7-2-1-3-8-17/h1-11,13,19,24,28-29H,12H2,(H,27,30)(H2,23,25,26). The Kier molecular flexibility index (Phi) is 7.20. The van der Waals surface area contributed by atoms with E-state index < -0.39 is 11.9 Å². The van der Waals surface area contributed by atoms with Crippen molar-refractivity contribution in [2.45, 2.75) is 6.04 Å². The minimum atomic E-state index is -0.592. The number of aromatic amines is 1. The lowest BCUT2D eigenvalue weighted by atomic mass is 10.1. The van der Waals surface area contributed by atoms with E-state index in [2.05, 4.69) is 25.8 Å². The van der Waals surface area contributed by atoms with Crippen molar-refractivity contribution in [1.82, 2.24) is 10.3 Å². The molecule has 3 rings (SSSR count). The molecule has 0 aliphatic carbocycles. The van der Waals surface area contributed by atoms with E-state index in [1.807, 2.05) is 30.3 Å². The van der Waals surface area contributed by atoms with Gasteiger partial charge in [0.1, 0.15) is 17.9 Å². The third-order valence-electron chi connectivity index (χ3n) is 4.18. The Morgan fingerprint density at radius 1 is 1.20 bits per heavy atom. The van der Waals surface area contributed by atoms with E-state index in [1.165, 1.54) is 6.34 Å². The third kappa shape index (κ3) is 5.69. The number of hydrazone groups is 1. The number of aliphatic imine (C=N–C) groups is 1. The van der Waals surface area contributed by atoms with Gasteiger partial charge in [-0.3, -0.25) is 10.2 Å². The molecule has 0 fully saturated rings. The summed E-state index contributed by atoms with van der Waals surface area (Å²) in [5, 5.41) is 16.9. The van der Waals surface area contributed by atoms with Crippen molar-refractivity contribution in [2.24, 2.45) is 15.8 Å². The molecular weight excluding hydrogens is 404 g/mol. The molecular formula is C21H21ClN6O2. The number of amides is 1. The maximum atomic E-state index is 12.5. The summed E-state index contributed by atoms with van der Waals surface area (Å²) in [7, 11) is 0. The van der Waals surface area contributed by atoms with Crippen LogP contribution in [-0.2, 0) is 0 Å². The third-order valence-corrected chi connectivity index (χ3v) is 4.42. The molecule has 8 nitrogen and oxygen atoms in total. The fraction of sp³-hybridized carbons (Fsp3) is 0.0952. The van der Waals surface area contributed by atoms with E-state index in [4.69, 9.17) is 17.3 Å². The van der Waals surface area contributed by atoms with Gasteiger partial charge in [-0.05, 0) is 35.9 Å². The number of nitrogens with zero attached hydrogens (tertiary/aromatic N) is 2. The first-order chi connectivity index (χ1) is 14.6. The first-order valence-corrected chi connectivity index (χ1v) is 9.46. The summed E-state index contributed by atoms with van der Waals surface area (Å²) in [6.07, 6.45) is 2.86. The first kappa shape index (κ1) is 21.1. The lowest BCUT2D eigenvalue weighted by Gasteiger charge is -2.16. The molecule has 0 bridgehead atoms. The zero-order valence-corrected chi connectivity index (χ0v) is 16.7. The number of carbonyl (C=O) groups excluding carboxylic acids is 1. The number of para-hydroxylation sites is 1. The van der Waals surface area contributed by atoms with Crippen LogP contribution >= 0.6 is 11.6 Å². The predicted octanol–water partition coefficient (Wildman–Crippen LogP) is 2.89. The van der Waals surface area contributed by atoms with E-state index in [9.17, 15) is 9.90 Å². The summed E-state index contributed by atoms with van der Waals surface area (Å²) in [6, 6.07) is 17.3. The number of hydrogen-bond donors (Lipinski definition) is 5. The second-order valence-electron chi connectivity index (χ2n) is 6.30. The Hall–Kier alpha value is -3.62. The molecule has 0 saturated carbocycles. The van der Waals surface area contributed by atoms with Crippen molar-refractivity contribution in [3.05, 3.63) is 88.7 Å². The van der Waals surface area contributed by atoms with Crippen molar-refractivity contribution in [2.75, 3.05) is 12.0 Å². The van der Waals surface area contributed by atoms with Crippen LogP contribution in [0.2, 0.25) is 5.02 Å². The minimum Gasteiger partial charge on any atom is -0.394 e. The molecule has 6 N–H and O–H groups in total. The Labute approximate surface area is 178 Å². The van der Waals surface area contributed by atoms with Gasteiger partial charge in [0.05, 0.1) is 18.3 Å². The Morgan fingerprint density at radius 2 is 2.00 bits per heavy atom. The number of aromatic nitrogens is 1. The number of hydrogen-bond acceptors (Lipinski definition) is 4. The molecule has 3 aromatic rings. The van der Waals surface area contributed by atoms with Gasteiger partial charge in [-0.1, -0.05) is 41.9 Å². The van der Waals surface area contributed by atoms with E-state index in [1.54, 1.807) is 36.5 Å². The minimum absolute atomic E-state index is 0.192. The average molecular weight is 425 g/mol. The molecule has 30 heavy (non-hydrogen) atoms. The number of aliphatic hydroxyl groups is 1. The van der Waals surface area contributed by atoms with Crippen LogP contribution in [0, 0.1) is 0 Å². The second kappa shape index (κ2) is 10.2. The summed E-state index contributed by atoms with van der Waals surface area (Å²) in [5.74, 6) is -0.204. The molecule has 154 valence electrons. The van der Waals surface area contributed by atoms with Crippen LogP contribution in [-0.4, -0.2) is 34.8 Å². The van der Waals surface area contributed by atoms with Crippen molar-refractivity contribution < 1.29 is 9.90 Å². The highest BCUT2D eigenvalue weighted by molar-refractivity contribution is 6.30. The zero-order valence-electron chi connectivity index (χ0n) is 15.9. The van der Waals surface area contributed by atoms with E-state index in [-0.39, 0.29) is 18.1 Å². The maximum Gasteiger partial charge on any atom is 0.268 e. The molecule has 2 aromatic carbocycles. The van der Waals surface area contributed by atoms with Crippen LogP contribution < -0.4 is 16.5 Å². The highest BCUT2D eigenvalue weighted by atomic mass is 35.5. The molecule has 0 aliphatic heterocycles. The summed E-state index contributed by atoms with van der Waals surface area (Å²) in [5.41, 5.74) is 11.1. The molecule has 9 heteroatoms. The molecule has 1 unspecified atom stereocenters. The number of carbonyl (C=O) groups is 1. The fourth-order valence-electron chi connectivity index (χ4n) is 2.65. The van der Waals surface area contributed by atoms with Crippen LogP contribution in [0.25, 0.3) is 0 Å². The Bertz CT molecular complexity index is 1050. The normalized spacial score (nSPS) is 12.7. The monoisotopic (exact) mass is 424 g/mol. The number of nitrogens with two attached hydrogens (primary N) is 1. The van der Waals surface area contributed by atoms with Gasteiger partial charge >= 0.3 is 0 Å². The Balaban J connectivity index is 1.62. The van der Waals surface area contributed by atoms with Gasteiger partial charge in [-0.15, -0.1) is 0 Å². The number of amidine groups is 1. The topological polar surface area (TPSA) is 128 Å². The number of aliphatic hydroxyl groups excluding tert-OH is 1. The zero-order chi connectivity index (χ0) is 21.3. The lowest BCUT2D eigenvalue weighted by Crippen LogP contribution is -2.31. The van der Waals surface area contributed by atoms with Gasteiger partial charge in [-0.25, -0.2) is 4.99 Å². The number of rotatable bonds is 8. The number of halogens is 1. The summed E-state index contributed by atoms with van der Waals surface area (Å²) in [6.45, 7) is -0.270. The molecule has 1 atom stereocenters. The van der Waals surface area contributed by atoms with Crippen molar-refractivity contribution in [3.63, 3.8) is 0 Å². The van der Waals surface area contributed by atoms with Gasteiger partial charge < -0.3 is 21.1 Å². The fourth-order valence-corrected chi connectivity index (χ4v) is 2.85. The van der Waals surface area contributed by atoms with E-state index >= 15 is 0 Å². The maximum absolute atomic E-state index is 12.5. The highest BCUT2D eigenvalue weighted by Crippen LogP contribution is 2.18. The summed E-state index contributed by atoms with van der Waals surface area (Å²) in [4.78, 5) is 19.4. The van der Waals surface area contributed by atoms with Crippen LogP contribution in [0.5, 0.6) is 0 Å². The quantitative estimate of drug-likeness (QED) is 0.216. The van der Waals surface area contributed by atoms with Gasteiger partial charge in [-0.2, -0.15) is 5.10 Å². The van der Waals surface area contributed by atoms with E-state index in [0.717, 1.165) is 5.69 Å². The first-order valence-electron chi connectivity index (χ1n) is 9.08. The van der Waals surface area contributed by atoms with Crippen molar-refractivity contribution in [3.8, 4) is 0 Å². The van der Waals surface area contributed by atoms with Crippen LogP contribution in [0.4, 0.5) is 5.69 Å². The van der Waals surface area contributed by atoms with Crippen LogP contribution in [0.1, 0.15) is 27.7 Å². The molecule has 0 spiro atoms. The van der Waals surface area contributed by atoms with E-state index in [0.29, 0.717) is 16.1 Å². The Morgan fingerprint density at radius 3 is 2.73 bits per heavy atom. The summed E-state index contributed by atoms with van der Waals surface area (Å²) >= 11 is 5.98. The number of nitrogens with one attached hydrogen (secondary N) is 3. The van der Waals surface area contributed by atoms with Crippen molar-refractivity contribution >= 4 is 35.4 Å². The number of benzene rings is 2. The number of H-pyrrole nitrogens is 1. The molecule has 1 amide bonds.